The molecule has 0 spiro atoms. The molecule has 1 heterocycles. The molecule has 0 aliphatic carbocycles. The first-order valence-electron chi connectivity index (χ1n) is 5.40. The second-order valence-corrected chi connectivity index (χ2v) is 4.73. The Bertz CT molecular complexity index is 599. The zero-order valence-corrected chi connectivity index (χ0v) is 11.5. The third-order valence-electron chi connectivity index (χ3n) is 2.08. The maximum atomic E-state index is 10.8. The highest BCUT2D eigenvalue weighted by molar-refractivity contribution is 7.15. The van der Waals surface area contributed by atoms with Crippen LogP contribution < -0.4 is 9.47 Å². The standard InChI is InChI=1S/C12H10ClNO4S/c1-2-17-7-4-3-5-8(6-7)18-12-14-10(13)9(19-12)11(15)16/h3-6H,2H2,1H3,(H,15,16). The van der Waals surface area contributed by atoms with Gasteiger partial charge in [-0.1, -0.05) is 29.0 Å². The smallest absolute Gasteiger partial charge is 0.349 e. The molecular formula is C12H10ClNO4S. The number of rotatable bonds is 5. The van der Waals surface area contributed by atoms with Crippen molar-refractivity contribution in [2.45, 2.75) is 6.92 Å². The lowest BCUT2D eigenvalue weighted by Gasteiger charge is -2.05. The summed E-state index contributed by atoms with van der Waals surface area (Å²) in [7, 11) is 0. The summed E-state index contributed by atoms with van der Waals surface area (Å²) < 4.78 is 10.8. The van der Waals surface area contributed by atoms with Crippen molar-refractivity contribution < 1.29 is 19.4 Å². The molecule has 0 radical (unpaired) electrons. The number of thiazole rings is 1. The molecule has 1 aromatic heterocycles. The van der Waals surface area contributed by atoms with Gasteiger partial charge in [-0.2, -0.15) is 4.98 Å². The molecule has 19 heavy (non-hydrogen) atoms. The van der Waals surface area contributed by atoms with Gasteiger partial charge in [0.15, 0.2) is 10.0 Å². The number of halogens is 1. The van der Waals surface area contributed by atoms with E-state index in [1.165, 1.54) is 0 Å². The Labute approximate surface area is 118 Å². The van der Waals surface area contributed by atoms with Crippen molar-refractivity contribution in [2.24, 2.45) is 0 Å². The molecule has 0 bridgehead atoms. The second-order valence-electron chi connectivity index (χ2n) is 3.41. The van der Waals surface area contributed by atoms with E-state index in [0.29, 0.717) is 18.1 Å². The third kappa shape index (κ3) is 3.36. The van der Waals surface area contributed by atoms with Crippen molar-refractivity contribution in [3.8, 4) is 16.7 Å². The summed E-state index contributed by atoms with van der Waals surface area (Å²) in [5, 5.41) is 8.97. The van der Waals surface area contributed by atoms with Crippen LogP contribution in [0.25, 0.3) is 0 Å². The Morgan fingerprint density at radius 1 is 1.47 bits per heavy atom. The van der Waals surface area contributed by atoms with Crippen LogP contribution in [0.3, 0.4) is 0 Å². The summed E-state index contributed by atoms with van der Waals surface area (Å²) in [6, 6.07) is 6.99. The maximum absolute atomic E-state index is 10.8. The predicted octanol–water partition coefficient (Wildman–Crippen LogP) is 3.69. The zero-order chi connectivity index (χ0) is 13.8. The molecule has 100 valence electrons. The fourth-order valence-electron chi connectivity index (χ4n) is 1.35. The van der Waals surface area contributed by atoms with Crippen molar-refractivity contribution >= 4 is 28.9 Å². The topological polar surface area (TPSA) is 68.7 Å². The minimum absolute atomic E-state index is 0.0439. The van der Waals surface area contributed by atoms with E-state index in [1.807, 2.05) is 6.92 Å². The zero-order valence-electron chi connectivity index (χ0n) is 9.92. The van der Waals surface area contributed by atoms with Crippen LogP contribution in [0.2, 0.25) is 5.15 Å². The van der Waals surface area contributed by atoms with Crippen LogP contribution in [0, 0.1) is 0 Å². The Kier molecular flexibility index (Phi) is 4.24. The number of hydrogen-bond donors (Lipinski definition) is 1. The molecule has 0 amide bonds. The van der Waals surface area contributed by atoms with Crippen LogP contribution in [0.4, 0.5) is 0 Å². The molecule has 0 atom stereocenters. The van der Waals surface area contributed by atoms with Gasteiger partial charge in [-0.3, -0.25) is 0 Å². The minimum Gasteiger partial charge on any atom is -0.494 e. The fourth-order valence-corrected chi connectivity index (χ4v) is 2.34. The number of benzene rings is 1. The lowest BCUT2D eigenvalue weighted by molar-refractivity contribution is 0.0702. The molecule has 5 nitrogen and oxygen atoms in total. The largest absolute Gasteiger partial charge is 0.494 e. The number of carbonyl (C=O) groups is 1. The molecule has 0 fully saturated rings. The number of hydrogen-bond acceptors (Lipinski definition) is 5. The SMILES string of the molecule is CCOc1cccc(Oc2nc(Cl)c(C(=O)O)s2)c1. The summed E-state index contributed by atoms with van der Waals surface area (Å²) >= 11 is 6.58. The van der Waals surface area contributed by atoms with Gasteiger partial charge in [0.05, 0.1) is 6.61 Å². The van der Waals surface area contributed by atoms with E-state index in [2.05, 4.69) is 4.98 Å². The first-order valence-corrected chi connectivity index (χ1v) is 6.60. The summed E-state index contributed by atoms with van der Waals surface area (Å²) in [6.07, 6.45) is 0. The summed E-state index contributed by atoms with van der Waals surface area (Å²) in [6.45, 7) is 2.43. The summed E-state index contributed by atoms with van der Waals surface area (Å²) in [5.74, 6) is 0.0508. The van der Waals surface area contributed by atoms with Gasteiger partial charge in [0.25, 0.3) is 5.19 Å². The lowest BCUT2D eigenvalue weighted by Crippen LogP contribution is -1.91. The van der Waals surface area contributed by atoms with Gasteiger partial charge in [-0.05, 0) is 19.1 Å². The van der Waals surface area contributed by atoms with E-state index in [0.717, 1.165) is 11.3 Å². The van der Waals surface area contributed by atoms with E-state index >= 15 is 0 Å². The average Bonchev–Trinajstić information content (AvgIpc) is 2.71. The molecule has 2 aromatic rings. The monoisotopic (exact) mass is 299 g/mol. The molecule has 0 saturated carbocycles. The normalized spacial score (nSPS) is 10.2. The Balaban J connectivity index is 2.19. The van der Waals surface area contributed by atoms with Crippen molar-refractivity contribution in [3.63, 3.8) is 0 Å². The maximum Gasteiger partial charge on any atom is 0.349 e. The highest BCUT2D eigenvalue weighted by Crippen LogP contribution is 2.32. The molecular weight excluding hydrogens is 290 g/mol. The lowest BCUT2D eigenvalue weighted by atomic mass is 10.3. The minimum atomic E-state index is -1.12. The van der Waals surface area contributed by atoms with Gasteiger partial charge >= 0.3 is 5.97 Å². The number of carboxylic acids is 1. The van der Waals surface area contributed by atoms with E-state index in [1.54, 1.807) is 24.3 Å². The van der Waals surface area contributed by atoms with Gasteiger partial charge in [-0.25, -0.2) is 4.79 Å². The van der Waals surface area contributed by atoms with Crippen LogP contribution in [0.15, 0.2) is 24.3 Å². The average molecular weight is 300 g/mol. The van der Waals surface area contributed by atoms with Crippen molar-refractivity contribution in [1.82, 2.24) is 4.98 Å². The van der Waals surface area contributed by atoms with Crippen molar-refractivity contribution in [2.75, 3.05) is 6.61 Å². The van der Waals surface area contributed by atoms with Crippen molar-refractivity contribution in [3.05, 3.63) is 34.3 Å². The van der Waals surface area contributed by atoms with Crippen LogP contribution in [0.5, 0.6) is 16.7 Å². The highest BCUT2D eigenvalue weighted by Gasteiger charge is 2.17. The molecule has 1 N–H and O–H groups in total. The number of ether oxygens (including phenoxy) is 2. The number of carboxylic acid groups (broad SMARTS) is 1. The molecule has 0 unspecified atom stereocenters. The molecule has 7 heteroatoms. The summed E-state index contributed by atoms with van der Waals surface area (Å²) in [5.41, 5.74) is 0. The van der Waals surface area contributed by atoms with Gasteiger partial charge in [-0.15, -0.1) is 0 Å². The van der Waals surface area contributed by atoms with Crippen LogP contribution in [-0.2, 0) is 0 Å². The second kappa shape index (κ2) is 5.90. The Hall–Kier alpha value is -1.79. The number of nitrogens with zero attached hydrogens (tertiary/aromatic N) is 1. The van der Waals surface area contributed by atoms with E-state index in [9.17, 15) is 4.79 Å². The van der Waals surface area contributed by atoms with E-state index in [-0.39, 0.29) is 15.2 Å². The van der Waals surface area contributed by atoms with Crippen LogP contribution >= 0.6 is 22.9 Å². The summed E-state index contributed by atoms with van der Waals surface area (Å²) in [4.78, 5) is 14.6. The molecule has 0 aliphatic heterocycles. The van der Waals surface area contributed by atoms with E-state index < -0.39 is 5.97 Å². The molecule has 0 aliphatic rings. The van der Waals surface area contributed by atoms with Crippen molar-refractivity contribution in [1.29, 1.82) is 0 Å². The Morgan fingerprint density at radius 3 is 2.84 bits per heavy atom. The van der Waals surface area contributed by atoms with Crippen LogP contribution in [0.1, 0.15) is 16.6 Å². The number of aromatic nitrogens is 1. The van der Waals surface area contributed by atoms with Gasteiger partial charge in [0, 0.05) is 6.07 Å². The Morgan fingerprint density at radius 2 is 2.21 bits per heavy atom. The quantitative estimate of drug-likeness (QED) is 0.912. The van der Waals surface area contributed by atoms with Gasteiger partial charge < -0.3 is 14.6 Å². The van der Waals surface area contributed by atoms with Gasteiger partial charge in [0.2, 0.25) is 0 Å². The van der Waals surface area contributed by atoms with E-state index in [4.69, 9.17) is 26.2 Å². The molecule has 2 rings (SSSR count). The third-order valence-corrected chi connectivity index (χ3v) is 3.39. The first-order chi connectivity index (χ1) is 9.10. The fraction of sp³-hybridized carbons (Fsp3) is 0.167. The molecule has 1 aromatic carbocycles. The van der Waals surface area contributed by atoms with Gasteiger partial charge in [0.1, 0.15) is 11.5 Å². The number of aromatic carboxylic acids is 1. The first kappa shape index (κ1) is 13.6. The molecule has 0 saturated heterocycles. The van der Waals surface area contributed by atoms with Crippen LogP contribution in [-0.4, -0.2) is 22.7 Å². The predicted molar refractivity (Wildman–Crippen MR) is 71.8 cm³/mol. The highest BCUT2D eigenvalue weighted by atomic mass is 35.5.